The van der Waals surface area contributed by atoms with Crippen molar-refractivity contribution in [3.8, 4) is 0 Å². The third-order valence-corrected chi connectivity index (χ3v) is 5.03. The van der Waals surface area contributed by atoms with Crippen LogP contribution in [0.25, 0.3) is 0 Å². The summed E-state index contributed by atoms with van der Waals surface area (Å²) in [6.45, 7) is 8.88. The molecule has 6 heteroatoms. The Morgan fingerprint density at radius 3 is 2.35 bits per heavy atom. The van der Waals surface area contributed by atoms with Gasteiger partial charge in [0.1, 0.15) is 0 Å². The molecule has 0 aromatic carbocycles. The van der Waals surface area contributed by atoms with Crippen LogP contribution in [0.5, 0.6) is 0 Å². The van der Waals surface area contributed by atoms with E-state index in [1.54, 1.807) is 0 Å². The van der Waals surface area contributed by atoms with Crippen LogP contribution in [-0.4, -0.2) is 47.9 Å². The summed E-state index contributed by atoms with van der Waals surface area (Å²) < 4.78 is 36.8. The highest BCUT2D eigenvalue weighted by molar-refractivity contribution is 8.00. The molecule has 2 unspecified atom stereocenters. The van der Waals surface area contributed by atoms with Crippen molar-refractivity contribution in [1.82, 2.24) is 10.2 Å². The predicted molar refractivity (Wildman–Crippen MR) is 77.8 cm³/mol. The average Bonchev–Trinajstić information content (AvgIpc) is 3.09. The monoisotopic (exact) mass is 310 g/mol. The van der Waals surface area contributed by atoms with E-state index in [2.05, 4.69) is 31.0 Å². The van der Waals surface area contributed by atoms with Crippen molar-refractivity contribution in [2.24, 2.45) is 11.3 Å². The van der Waals surface area contributed by atoms with Crippen molar-refractivity contribution in [2.75, 3.05) is 25.4 Å². The maximum atomic E-state index is 12.3. The minimum Gasteiger partial charge on any atom is -0.311 e. The van der Waals surface area contributed by atoms with Gasteiger partial charge >= 0.3 is 5.51 Å². The van der Waals surface area contributed by atoms with Crippen LogP contribution in [0.15, 0.2) is 0 Å². The van der Waals surface area contributed by atoms with Crippen molar-refractivity contribution in [3.05, 3.63) is 0 Å². The highest BCUT2D eigenvalue weighted by atomic mass is 32.2. The van der Waals surface area contributed by atoms with Gasteiger partial charge in [-0.1, -0.05) is 20.8 Å². The number of piperazine rings is 1. The van der Waals surface area contributed by atoms with Crippen LogP contribution in [0.3, 0.4) is 0 Å². The summed E-state index contributed by atoms with van der Waals surface area (Å²) in [5, 5.41) is 3.60. The molecule has 1 heterocycles. The molecule has 20 heavy (non-hydrogen) atoms. The lowest BCUT2D eigenvalue weighted by molar-refractivity contribution is -0.0330. The number of alkyl halides is 3. The molecule has 118 valence electrons. The largest absolute Gasteiger partial charge is 0.441 e. The van der Waals surface area contributed by atoms with Crippen LogP contribution in [0.4, 0.5) is 13.2 Å². The van der Waals surface area contributed by atoms with Gasteiger partial charge in [-0.3, -0.25) is 4.90 Å². The Labute approximate surface area is 123 Å². The zero-order valence-corrected chi connectivity index (χ0v) is 13.3. The van der Waals surface area contributed by atoms with Gasteiger partial charge < -0.3 is 5.32 Å². The first-order chi connectivity index (χ1) is 9.17. The summed E-state index contributed by atoms with van der Waals surface area (Å²) in [6, 6.07) is 0.788. The molecule has 1 saturated carbocycles. The lowest BCUT2D eigenvalue weighted by Crippen LogP contribution is -2.61. The number of nitrogens with one attached hydrogen (secondary N) is 1. The van der Waals surface area contributed by atoms with Crippen molar-refractivity contribution in [1.29, 1.82) is 0 Å². The molecule has 2 nitrogen and oxygen atoms in total. The fourth-order valence-corrected chi connectivity index (χ4v) is 3.45. The van der Waals surface area contributed by atoms with Crippen molar-refractivity contribution >= 4 is 11.8 Å². The van der Waals surface area contributed by atoms with Crippen molar-refractivity contribution < 1.29 is 13.2 Å². The molecule has 1 aliphatic heterocycles. The van der Waals surface area contributed by atoms with Gasteiger partial charge in [-0.25, -0.2) is 0 Å². The quantitative estimate of drug-likeness (QED) is 0.857. The Morgan fingerprint density at radius 2 is 1.85 bits per heavy atom. The zero-order chi connectivity index (χ0) is 15.0. The van der Waals surface area contributed by atoms with E-state index in [-0.39, 0.29) is 22.9 Å². The molecule has 2 fully saturated rings. The molecule has 0 bridgehead atoms. The predicted octanol–water partition coefficient (Wildman–Crippen LogP) is 3.34. The number of nitrogens with zero attached hydrogens (tertiary/aromatic N) is 1. The summed E-state index contributed by atoms with van der Waals surface area (Å²) in [5.74, 6) is 0.836. The van der Waals surface area contributed by atoms with Crippen LogP contribution in [0.1, 0.15) is 33.6 Å². The minimum absolute atomic E-state index is 0.108. The second-order valence-electron chi connectivity index (χ2n) is 7.02. The van der Waals surface area contributed by atoms with Crippen LogP contribution < -0.4 is 5.32 Å². The molecule has 0 amide bonds. The number of rotatable bonds is 4. The third kappa shape index (κ3) is 4.81. The van der Waals surface area contributed by atoms with Gasteiger partial charge in [0.2, 0.25) is 0 Å². The van der Waals surface area contributed by atoms with E-state index in [1.165, 1.54) is 12.8 Å². The molecule has 0 spiro atoms. The topological polar surface area (TPSA) is 15.3 Å². The van der Waals surface area contributed by atoms with Gasteiger partial charge in [0, 0.05) is 37.5 Å². The fourth-order valence-electron chi connectivity index (χ4n) is 2.89. The van der Waals surface area contributed by atoms with Crippen LogP contribution in [0.2, 0.25) is 0 Å². The first kappa shape index (κ1) is 16.4. The van der Waals surface area contributed by atoms with E-state index in [1.807, 2.05) is 0 Å². The summed E-state index contributed by atoms with van der Waals surface area (Å²) in [7, 11) is 0. The van der Waals surface area contributed by atoms with E-state index in [0.717, 1.165) is 13.1 Å². The molecule has 1 N–H and O–H groups in total. The summed E-state index contributed by atoms with van der Waals surface area (Å²) in [4.78, 5) is 2.29. The minimum atomic E-state index is -4.10. The summed E-state index contributed by atoms with van der Waals surface area (Å²) in [5.41, 5.74) is -3.96. The van der Waals surface area contributed by atoms with Gasteiger partial charge in [-0.05, 0) is 35.9 Å². The molecule has 0 radical (unpaired) electrons. The van der Waals surface area contributed by atoms with Crippen LogP contribution in [-0.2, 0) is 0 Å². The lowest BCUT2D eigenvalue weighted by Gasteiger charge is -2.45. The lowest BCUT2D eigenvalue weighted by atomic mass is 9.84. The molecule has 1 aliphatic carbocycles. The van der Waals surface area contributed by atoms with E-state index in [9.17, 15) is 13.2 Å². The standard InChI is InChI=1S/C14H25F3N2S/c1-13(2,3)12-9-19(6-7-20-14(15,16)17)11(8-18-12)10-4-5-10/h10-12,18H,4-9H2,1-3H3. The Balaban J connectivity index is 1.89. The highest BCUT2D eigenvalue weighted by Crippen LogP contribution is 2.38. The van der Waals surface area contributed by atoms with Crippen LogP contribution >= 0.6 is 11.8 Å². The van der Waals surface area contributed by atoms with Crippen LogP contribution in [0, 0.1) is 11.3 Å². The van der Waals surface area contributed by atoms with Gasteiger partial charge in [0.15, 0.2) is 0 Å². The molecule has 2 atom stereocenters. The Morgan fingerprint density at radius 1 is 1.20 bits per heavy atom. The number of hydrogen-bond acceptors (Lipinski definition) is 3. The zero-order valence-electron chi connectivity index (χ0n) is 12.5. The Kier molecular flexibility index (Phi) is 4.97. The van der Waals surface area contributed by atoms with Gasteiger partial charge in [0.25, 0.3) is 0 Å². The average molecular weight is 310 g/mol. The van der Waals surface area contributed by atoms with E-state index in [4.69, 9.17) is 0 Å². The summed E-state index contributed by atoms with van der Waals surface area (Å²) >= 11 is 0.108. The number of hydrogen-bond donors (Lipinski definition) is 1. The number of halogens is 3. The first-order valence-electron chi connectivity index (χ1n) is 7.35. The van der Waals surface area contributed by atoms with Gasteiger partial charge in [-0.15, -0.1) is 0 Å². The van der Waals surface area contributed by atoms with E-state index in [0.29, 0.717) is 24.5 Å². The second-order valence-corrected chi connectivity index (χ2v) is 8.18. The Hall–Kier alpha value is 0.0600. The number of thioether (sulfide) groups is 1. The van der Waals surface area contributed by atoms with Crippen molar-refractivity contribution in [3.63, 3.8) is 0 Å². The molecule has 0 aromatic rings. The third-order valence-electron chi connectivity index (χ3n) is 4.32. The first-order valence-corrected chi connectivity index (χ1v) is 8.33. The van der Waals surface area contributed by atoms with E-state index < -0.39 is 5.51 Å². The second kappa shape index (κ2) is 6.05. The molecular formula is C14H25F3N2S. The molecular weight excluding hydrogens is 285 g/mol. The smallest absolute Gasteiger partial charge is 0.311 e. The normalized spacial score (nSPS) is 29.7. The maximum Gasteiger partial charge on any atom is 0.441 e. The Bertz CT molecular complexity index is 323. The van der Waals surface area contributed by atoms with Crippen molar-refractivity contribution in [2.45, 2.75) is 51.2 Å². The molecule has 2 rings (SSSR count). The van der Waals surface area contributed by atoms with E-state index >= 15 is 0 Å². The highest BCUT2D eigenvalue weighted by Gasteiger charge is 2.41. The van der Waals surface area contributed by atoms with Gasteiger partial charge in [-0.2, -0.15) is 13.2 Å². The summed E-state index contributed by atoms with van der Waals surface area (Å²) in [6.07, 6.45) is 2.46. The molecule has 2 aliphatic rings. The molecule has 1 saturated heterocycles. The maximum absolute atomic E-state index is 12.3. The molecule has 0 aromatic heterocycles. The fraction of sp³-hybridized carbons (Fsp3) is 1.00. The SMILES string of the molecule is CC(C)(C)C1CN(CCSC(F)(F)F)C(C2CC2)CN1. The van der Waals surface area contributed by atoms with Gasteiger partial charge in [0.05, 0.1) is 0 Å².